The van der Waals surface area contributed by atoms with Crippen molar-refractivity contribution in [2.75, 3.05) is 0 Å². The Bertz CT molecular complexity index is 1220. The molecular formula is C20H16F6N2O2S2. The molecule has 12 heteroatoms. The van der Waals surface area contributed by atoms with E-state index in [1.165, 1.54) is 11.3 Å². The quantitative estimate of drug-likeness (QED) is 0.447. The third-order valence-corrected chi connectivity index (χ3v) is 7.13. The van der Waals surface area contributed by atoms with E-state index in [2.05, 4.69) is 9.71 Å². The molecule has 1 heterocycles. The summed E-state index contributed by atoms with van der Waals surface area (Å²) in [5, 5.41) is 0.619. The van der Waals surface area contributed by atoms with Gasteiger partial charge in [0, 0.05) is 17.0 Å². The maximum Gasteiger partial charge on any atom is 0.416 e. The minimum atomic E-state index is -5.15. The molecule has 0 saturated carbocycles. The average molecular weight is 494 g/mol. The average Bonchev–Trinajstić information content (AvgIpc) is 3.05. The lowest BCUT2D eigenvalue weighted by molar-refractivity contribution is -0.143. The number of hydrogen-bond acceptors (Lipinski definition) is 4. The van der Waals surface area contributed by atoms with E-state index in [4.69, 9.17) is 0 Å². The second kappa shape index (κ2) is 8.49. The highest BCUT2D eigenvalue weighted by Crippen LogP contribution is 2.37. The predicted molar refractivity (Wildman–Crippen MR) is 107 cm³/mol. The number of thiazole rings is 1. The molecular weight excluding hydrogens is 478 g/mol. The smallest absolute Gasteiger partial charge is 0.241 e. The first-order valence-electron chi connectivity index (χ1n) is 9.00. The van der Waals surface area contributed by atoms with Crippen LogP contribution in [0.2, 0.25) is 0 Å². The molecule has 0 aliphatic rings. The predicted octanol–water partition coefficient (Wildman–Crippen LogP) is 5.94. The molecule has 0 aliphatic heterocycles. The number of benzene rings is 2. The second-order valence-corrected chi connectivity index (χ2v) is 9.76. The van der Waals surface area contributed by atoms with Crippen molar-refractivity contribution in [3.05, 3.63) is 69.7 Å². The zero-order valence-electron chi connectivity index (χ0n) is 16.6. The lowest BCUT2D eigenvalue weighted by Crippen LogP contribution is -2.24. The number of alkyl halides is 6. The van der Waals surface area contributed by atoms with Crippen LogP contribution >= 0.6 is 11.3 Å². The Balaban J connectivity index is 1.92. The number of hydrogen-bond donors (Lipinski definition) is 1. The molecule has 3 aromatic rings. The topological polar surface area (TPSA) is 59.1 Å². The molecule has 0 unspecified atom stereocenters. The van der Waals surface area contributed by atoms with Gasteiger partial charge in [0.15, 0.2) is 0 Å². The van der Waals surface area contributed by atoms with Crippen molar-refractivity contribution in [3.8, 4) is 10.6 Å². The van der Waals surface area contributed by atoms with Crippen LogP contribution in [0.5, 0.6) is 0 Å². The maximum atomic E-state index is 13.0. The van der Waals surface area contributed by atoms with Gasteiger partial charge in [-0.3, -0.25) is 0 Å². The molecule has 1 aromatic heterocycles. The minimum Gasteiger partial charge on any atom is -0.241 e. The Labute approximate surface area is 184 Å². The lowest BCUT2D eigenvalue weighted by atomic mass is 10.1. The van der Waals surface area contributed by atoms with E-state index in [-0.39, 0.29) is 24.7 Å². The molecule has 4 nitrogen and oxygen atoms in total. The molecule has 0 fully saturated rings. The molecule has 0 saturated heterocycles. The summed E-state index contributed by atoms with van der Waals surface area (Å²) in [7, 11) is -4.68. The van der Waals surface area contributed by atoms with Crippen molar-refractivity contribution in [2.45, 2.75) is 37.6 Å². The van der Waals surface area contributed by atoms with E-state index in [0.717, 1.165) is 11.1 Å². The van der Waals surface area contributed by atoms with Crippen molar-refractivity contribution in [3.63, 3.8) is 0 Å². The fourth-order valence-electron chi connectivity index (χ4n) is 2.85. The maximum absolute atomic E-state index is 13.0. The van der Waals surface area contributed by atoms with E-state index in [0.29, 0.717) is 15.6 Å². The summed E-state index contributed by atoms with van der Waals surface area (Å²) in [6, 6.07) is 7.60. The van der Waals surface area contributed by atoms with Crippen molar-refractivity contribution in [1.29, 1.82) is 0 Å². The number of aryl methyl sites for hydroxylation is 2. The Morgan fingerprint density at radius 2 is 1.50 bits per heavy atom. The van der Waals surface area contributed by atoms with Crippen LogP contribution in [0.3, 0.4) is 0 Å². The zero-order valence-corrected chi connectivity index (χ0v) is 18.2. The first-order chi connectivity index (χ1) is 14.7. The summed E-state index contributed by atoms with van der Waals surface area (Å²) in [5.74, 6) is 0. The molecule has 3 rings (SSSR count). The Kier molecular flexibility index (Phi) is 6.42. The molecule has 32 heavy (non-hydrogen) atoms. The van der Waals surface area contributed by atoms with Crippen LogP contribution in [0.4, 0.5) is 26.3 Å². The Morgan fingerprint density at radius 1 is 0.938 bits per heavy atom. The van der Waals surface area contributed by atoms with Crippen molar-refractivity contribution >= 4 is 21.4 Å². The third kappa shape index (κ3) is 5.30. The van der Waals surface area contributed by atoms with Crippen LogP contribution in [-0.4, -0.2) is 13.4 Å². The molecule has 0 amide bonds. The summed E-state index contributed by atoms with van der Waals surface area (Å²) in [4.78, 5) is 3.75. The standard InChI is InChI=1S/C20H16F6N2O2S2/c1-11-5-3-4-6-16(11)18-28-12(2)17(31-18)10-27-32(29,30)15-8-13(19(21,22)23)7-14(9-15)20(24,25)26/h3-9,27H,10H2,1-2H3. The fourth-order valence-corrected chi connectivity index (χ4v) is 5.09. The van der Waals surface area contributed by atoms with Gasteiger partial charge < -0.3 is 0 Å². The van der Waals surface area contributed by atoms with Crippen LogP contribution in [-0.2, 0) is 28.9 Å². The van der Waals surface area contributed by atoms with E-state index < -0.39 is 38.4 Å². The van der Waals surface area contributed by atoms with Gasteiger partial charge in [0.05, 0.1) is 21.7 Å². The van der Waals surface area contributed by atoms with E-state index >= 15 is 0 Å². The van der Waals surface area contributed by atoms with Crippen molar-refractivity contribution in [2.24, 2.45) is 0 Å². The van der Waals surface area contributed by atoms with Gasteiger partial charge in [-0.25, -0.2) is 18.1 Å². The van der Waals surface area contributed by atoms with Crippen LogP contribution in [0.1, 0.15) is 27.3 Å². The van der Waals surface area contributed by atoms with E-state index in [1.807, 2.05) is 31.2 Å². The number of nitrogens with one attached hydrogen (secondary N) is 1. The number of halogens is 6. The summed E-state index contributed by atoms with van der Waals surface area (Å²) in [5.41, 5.74) is -1.14. The van der Waals surface area contributed by atoms with Gasteiger partial charge in [-0.2, -0.15) is 26.3 Å². The highest BCUT2D eigenvalue weighted by Gasteiger charge is 2.38. The number of sulfonamides is 1. The molecule has 2 aromatic carbocycles. The largest absolute Gasteiger partial charge is 0.416 e. The van der Waals surface area contributed by atoms with Gasteiger partial charge >= 0.3 is 12.4 Å². The SMILES string of the molecule is Cc1ccccc1-c1nc(C)c(CNS(=O)(=O)c2cc(C(F)(F)F)cc(C(F)(F)F)c2)s1. The van der Waals surface area contributed by atoms with Crippen LogP contribution in [0.25, 0.3) is 10.6 Å². The number of nitrogens with zero attached hydrogens (tertiary/aromatic N) is 1. The van der Waals surface area contributed by atoms with Gasteiger partial charge in [-0.05, 0) is 37.6 Å². The molecule has 0 bridgehead atoms. The van der Waals surface area contributed by atoms with Crippen molar-refractivity contribution in [1.82, 2.24) is 9.71 Å². The van der Waals surface area contributed by atoms with Gasteiger partial charge in [0.25, 0.3) is 0 Å². The summed E-state index contributed by atoms with van der Waals surface area (Å²) in [6.45, 7) is 3.17. The van der Waals surface area contributed by atoms with Crippen LogP contribution in [0.15, 0.2) is 47.4 Å². The monoisotopic (exact) mass is 494 g/mol. The highest BCUT2D eigenvalue weighted by molar-refractivity contribution is 7.89. The van der Waals surface area contributed by atoms with Crippen LogP contribution < -0.4 is 4.72 Å². The fraction of sp³-hybridized carbons (Fsp3) is 0.250. The van der Waals surface area contributed by atoms with E-state index in [9.17, 15) is 34.8 Å². The van der Waals surface area contributed by atoms with Crippen LogP contribution in [0, 0.1) is 13.8 Å². The molecule has 172 valence electrons. The number of aromatic nitrogens is 1. The first kappa shape index (κ1) is 24.2. The van der Waals surface area contributed by atoms with E-state index in [1.54, 1.807) is 6.92 Å². The highest BCUT2D eigenvalue weighted by atomic mass is 32.2. The van der Waals surface area contributed by atoms with Gasteiger partial charge in [0.2, 0.25) is 10.0 Å². The normalized spacial score (nSPS) is 12.9. The molecule has 0 atom stereocenters. The second-order valence-electron chi connectivity index (χ2n) is 6.91. The molecule has 1 N–H and O–H groups in total. The summed E-state index contributed by atoms with van der Waals surface area (Å²) < 4.78 is 105. The zero-order chi connectivity index (χ0) is 23.9. The molecule has 0 radical (unpaired) electrons. The van der Waals surface area contributed by atoms with Gasteiger partial charge in [0.1, 0.15) is 5.01 Å². The van der Waals surface area contributed by atoms with Crippen molar-refractivity contribution < 1.29 is 34.8 Å². The Morgan fingerprint density at radius 3 is 2.03 bits per heavy atom. The number of rotatable bonds is 5. The molecule has 0 spiro atoms. The minimum absolute atomic E-state index is 0.124. The lowest BCUT2D eigenvalue weighted by Gasteiger charge is -2.14. The first-order valence-corrected chi connectivity index (χ1v) is 11.3. The van der Waals surface area contributed by atoms with Gasteiger partial charge in [-0.15, -0.1) is 11.3 Å². The molecule has 0 aliphatic carbocycles. The third-order valence-electron chi connectivity index (χ3n) is 4.56. The summed E-state index contributed by atoms with van der Waals surface area (Å²) >= 11 is 1.18. The van der Waals surface area contributed by atoms with Gasteiger partial charge in [-0.1, -0.05) is 24.3 Å². The Hall–Kier alpha value is -2.44. The summed E-state index contributed by atoms with van der Waals surface area (Å²) in [6.07, 6.45) is -10.3.